The van der Waals surface area contributed by atoms with Crippen LogP contribution in [0.2, 0.25) is 0 Å². The number of nitrogens with zero attached hydrogens (tertiary/aromatic N) is 1. The second kappa shape index (κ2) is 9.78. The van der Waals surface area contributed by atoms with Crippen molar-refractivity contribution < 1.29 is 39.6 Å². The summed E-state index contributed by atoms with van der Waals surface area (Å²) in [6.07, 6.45) is 5.93. The van der Waals surface area contributed by atoms with Crippen LogP contribution in [0.3, 0.4) is 0 Å². The Morgan fingerprint density at radius 3 is 2.38 bits per heavy atom. The Morgan fingerprint density at radius 1 is 1.12 bits per heavy atom. The number of carbonyl (C=O) groups excluding carboxylic acids is 4. The van der Waals surface area contributed by atoms with Crippen molar-refractivity contribution in [1.82, 2.24) is 4.90 Å². The third kappa shape index (κ3) is 4.23. The van der Waals surface area contributed by atoms with E-state index in [-0.39, 0.29) is 40.9 Å². The summed E-state index contributed by atoms with van der Waals surface area (Å²) in [6.45, 7) is 5.95. The maximum atomic E-state index is 14.0. The Morgan fingerprint density at radius 2 is 1.79 bits per heavy atom. The van der Waals surface area contributed by atoms with E-state index in [0.717, 1.165) is 0 Å². The Labute approximate surface area is 243 Å². The Kier molecular flexibility index (Phi) is 6.86. The van der Waals surface area contributed by atoms with E-state index in [9.17, 15) is 39.6 Å². The number of hydrogen-bond donors (Lipinski definition) is 5. The molecule has 222 valence electrons. The van der Waals surface area contributed by atoms with Crippen LogP contribution in [0, 0.1) is 23.2 Å². The molecule has 6 N–H and O–H groups in total. The van der Waals surface area contributed by atoms with Crippen molar-refractivity contribution in [2.45, 2.75) is 51.7 Å². The number of phenols is 1. The summed E-state index contributed by atoms with van der Waals surface area (Å²) in [6, 6.07) is 1.90. The number of carbonyl (C=O) groups is 4. The minimum Gasteiger partial charge on any atom is -0.508 e. The lowest BCUT2D eigenvalue weighted by atomic mass is 9.57. The average Bonchev–Trinajstić information content (AvgIpc) is 3.35. The van der Waals surface area contributed by atoms with Gasteiger partial charge in [0.15, 0.2) is 11.4 Å². The molecule has 0 saturated heterocycles. The maximum Gasteiger partial charge on any atom is 0.255 e. The summed E-state index contributed by atoms with van der Waals surface area (Å²) in [5, 5.41) is 45.1. The monoisotopic (exact) mass is 576 g/mol. The van der Waals surface area contributed by atoms with E-state index in [1.165, 1.54) is 11.0 Å². The van der Waals surface area contributed by atoms with Gasteiger partial charge in [-0.25, -0.2) is 0 Å². The van der Waals surface area contributed by atoms with E-state index in [1.807, 2.05) is 32.9 Å². The predicted molar refractivity (Wildman–Crippen MR) is 154 cm³/mol. The van der Waals surface area contributed by atoms with Gasteiger partial charge in [0.05, 0.1) is 17.5 Å². The number of aliphatic hydroxyl groups is 3. The number of Topliss-reactive ketones (excluding diaryl/α,β-unsaturated/α-hetero) is 3. The number of phenolic OH excluding ortho intramolecular Hbond substituents is 1. The number of likely N-dealkylation sites (N-methyl/N-ethyl adjacent to an activating group) is 1. The topological polar surface area (TPSA) is 178 Å². The molecule has 0 heterocycles. The van der Waals surface area contributed by atoms with Gasteiger partial charge in [0.2, 0.25) is 5.78 Å². The van der Waals surface area contributed by atoms with Crippen molar-refractivity contribution >= 4 is 34.6 Å². The fourth-order valence-electron chi connectivity index (χ4n) is 7.16. The second-order valence-corrected chi connectivity index (χ2v) is 13.1. The molecule has 10 nitrogen and oxygen atoms in total. The SMILES string of the molecule is CN(C)C1C(=O)C(C(N)=O)=C(O)C2(O)C(=O)C3=C(O)c4c(O)ccc(C5=CC=CC5C(=O)CC(C)(C)C)c4CC3CC12. The minimum absolute atomic E-state index is 0.00129. The van der Waals surface area contributed by atoms with Gasteiger partial charge < -0.3 is 26.2 Å². The normalized spacial score (nSPS) is 29.0. The number of nitrogens with two attached hydrogens (primary N) is 1. The smallest absolute Gasteiger partial charge is 0.255 e. The van der Waals surface area contributed by atoms with Gasteiger partial charge in [-0.15, -0.1) is 0 Å². The first-order valence-corrected chi connectivity index (χ1v) is 13.9. The highest BCUT2D eigenvalue weighted by Crippen LogP contribution is 2.53. The van der Waals surface area contributed by atoms with Crippen molar-refractivity contribution in [3.8, 4) is 5.75 Å². The number of fused-ring (bicyclic) bond motifs is 3. The molecule has 1 fully saturated rings. The first-order valence-electron chi connectivity index (χ1n) is 13.9. The number of benzene rings is 1. The highest BCUT2D eigenvalue weighted by atomic mass is 16.3. The zero-order valence-corrected chi connectivity index (χ0v) is 24.3. The van der Waals surface area contributed by atoms with Crippen LogP contribution in [-0.4, -0.2) is 74.3 Å². The van der Waals surface area contributed by atoms with Crippen LogP contribution in [0.15, 0.2) is 47.3 Å². The fourth-order valence-corrected chi connectivity index (χ4v) is 7.16. The summed E-state index contributed by atoms with van der Waals surface area (Å²) in [4.78, 5) is 54.2. The molecule has 5 atom stereocenters. The van der Waals surface area contributed by atoms with Crippen molar-refractivity contribution in [2.24, 2.45) is 28.9 Å². The summed E-state index contributed by atoms with van der Waals surface area (Å²) in [7, 11) is 3.11. The molecule has 0 bridgehead atoms. The quantitative estimate of drug-likeness (QED) is 0.329. The Balaban J connectivity index is 1.66. The molecule has 5 rings (SSSR count). The van der Waals surface area contributed by atoms with Crippen molar-refractivity contribution in [2.75, 3.05) is 14.1 Å². The summed E-state index contributed by atoms with van der Waals surface area (Å²) in [5.41, 5.74) is 3.27. The average molecular weight is 577 g/mol. The van der Waals surface area contributed by atoms with Crippen LogP contribution < -0.4 is 5.73 Å². The van der Waals surface area contributed by atoms with Crippen LogP contribution >= 0.6 is 0 Å². The van der Waals surface area contributed by atoms with E-state index in [2.05, 4.69) is 0 Å². The third-order valence-corrected chi connectivity index (χ3v) is 8.88. The van der Waals surface area contributed by atoms with E-state index in [0.29, 0.717) is 23.1 Å². The van der Waals surface area contributed by atoms with Gasteiger partial charge in [-0.05, 0) is 61.0 Å². The van der Waals surface area contributed by atoms with E-state index in [1.54, 1.807) is 26.2 Å². The summed E-state index contributed by atoms with van der Waals surface area (Å²) >= 11 is 0. The molecule has 5 unspecified atom stereocenters. The van der Waals surface area contributed by atoms with Crippen molar-refractivity contribution in [3.63, 3.8) is 0 Å². The number of hydrogen-bond acceptors (Lipinski definition) is 9. The number of ketones is 3. The van der Waals surface area contributed by atoms with E-state index < -0.39 is 64.0 Å². The molecule has 0 aromatic heterocycles. The first kappa shape index (κ1) is 29.5. The number of aliphatic hydroxyl groups excluding tert-OH is 2. The number of allylic oxidation sites excluding steroid dienone is 4. The van der Waals surface area contributed by atoms with Crippen molar-refractivity contribution in [3.05, 3.63) is 64.0 Å². The predicted octanol–water partition coefficient (Wildman–Crippen LogP) is 2.54. The molecule has 42 heavy (non-hydrogen) atoms. The van der Waals surface area contributed by atoms with Crippen LogP contribution in [0.25, 0.3) is 11.3 Å². The molecular formula is C32H36N2O8. The molecule has 4 aliphatic carbocycles. The van der Waals surface area contributed by atoms with Gasteiger partial charge in [-0.1, -0.05) is 45.1 Å². The zero-order valence-electron chi connectivity index (χ0n) is 24.3. The Hall–Kier alpha value is -4.02. The zero-order chi connectivity index (χ0) is 31.0. The first-order chi connectivity index (χ1) is 19.5. The van der Waals surface area contributed by atoms with Gasteiger partial charge in [-0.2, -0.15) is 0 Å². The lowest BCUT2D eigenvalue weighted by Crippen LogP contribution is -2.65. The molecule has 1 aromatic carbocycles. The highest BCUT2D eigenvalue weighted by molar-refractivity contribution is 6.24. The minimum atomic E-state index is -2.69. The van der Waals surface area contributed by atoms with E-state index in [4.69, 9.17) is 5.73 Å². The van der Waals surface area contributed by atoms with Gasteiger partial charge in [0.25, 0.3) is 5.91 Å². The van der Waals surface area contributed by atoms with Gasteiger partial charge in [0.1, 0.15) is 28.6 Å². The van der Waals surface area contributed by atoms with Gasteiger partial charge >= 0.3 is 0 Å². The van der Waals surface area contributed by atoms with Crippen LogP contribution in [0.1, 0.15) is 50.3 Å². The van der Waals surface area contributed by atoms with Crippen LogP contribution in [0.5, 0.6) is 5.75 Å². The third-order valence-electron chi connectivity index (χ3n) is 8.88. The lowest BCUT2D eigenvalue weighted by molar-refractivity contribution is -0.153. The van der Waals surface area contributed by atoms with Crippen LogP contribution in [0.4, 0.5) is 0 Å². The number of primary amides is 1. The van der Waals surface area contributed by atoms with Gasteiger partial charge in [-0.3, -0.25) is 24.1 Å². The number of amides is 1. The standard InChI is InChI=1S/C32H36N2O8/c1-31(2,3)13-21(36)17-8-6-7-15(17)16-9-10-20(35)23-18(16)11-14-12-19-25(34(4)5)27(38)24(30(33)41)29(40)32(19,42)28(39)22(14)26(23)37/h6-10,14,17,19,25,35,37,40,42H,11-13H2,1-5H3,(H2,33,41). The van der Waals surface area contributed by atoms with Gasteiger partial charge in [0, 0.05) is 17.9 Å². The van der Waals surface area contributed by atoms with Crippen molar-refractivity contribution in [1.29, 1.82) is 0 Å². The molecule has 1 aromatic rings. The largest absolute Gasteiger partial charge is 0.508 e. The summed E-state index contributed by atoms with van der Waals surface area (Å²) in [5.74, 6) is -7.49. The molecule has 4 aliphatic rings. The number of rotatable bonds is 5. The fraction of sp³-hybridized carbons (Fsp3) is 0.438. The van der Waals surface area contributed by atoms with Crippen LogP contribution in [-0.2, 0) is 25.6 Å². The summed E-state index contributed by atoms with van der Waals surface area (Å²) < 4.78 is 0. The molecule has 1 amide bonds. The molecule has 1 saturated carbocycles. The molecule has 0 aliphatic heterocycles. The lowest BCUT2D eigenvalue weighted by Gasteiger charge is -2.50. The number of aromatic hydroxyl groups is 1. The highest BCUT2D eigenvalue weighted by Gasteiger charge is 2.64. The maximum absolute atomic E-state index is 14.0. The molecule has 10 heteroatoms. The second-order valence-electron chi connectivity index (χ2n) is 13.1. The molecule has 0 radical (unpaired) electrons. The molecule has 0 spiro atoms. The van der Waals surface area contributed by atoms with E-state index >= 15 is 0 Å². The molecular weight excluding hydrogens is 540 g/mol. The Bertz CT molecular complexity index is 1570.